The van der Waals surface area contributed by atoms with E-state index in [0.29, 0.717) is 5.02 Å². The minimum absolute atomic E-state index is 0.0276. The fourth-order valence-electron chi connectivity index (χ4n) is 1.35. The highest BCUT2D eigenvalue weighted by molar-refractivity contribution is 6.30. The van der Waals surface area contributed by atoms with E-state index in [2.05, 4.69) is 5.32 Å². The van der Waals surface area contributed by atoms with Crippen molar-refractivity contribution in [1.29, 1.82) is 0 Å². The zero-order chi connectivity index (χ0) is 11.4. The number of rotatable bonds is 3. The Labute approximate surface area is 95.0 Å². The average molecular weight is 227 g/mol. The Bertz CT molecular complexity index is 335. The summed E-state index contributed by atoms with van der Waals surface area (Å²) in [5.74, 6) is 0.0276. The molecule has 1 atom stereocenters. The summed E-state index contributed by atoms with van der Waals surface area (Å²) >= 11 is 5.79. The second kappa shape index (κ2) is 5.14. The second-order valence-electron chi connectivity index (χ2n) is 3.51. The zero-order valence-corrected chi connectivity index (χ0v) is 9.88. The molecular weight excluding hydrogens is 212 g/mol. The van der Waals surface area contributed by atoms with Gasteiger partial charge in [-0.25, -0.2) is 0 Å². The first-order valence-corrected chi connectivity index (χ1v) is 5.08. The third kappa shape index (κ3) is 2.94. The lowest BCUT2D eigenvalue weighted by atomic mass is 10.1. The molecule has 82 valence electrons. The van der Waals surface area contributed by atoms with Gasteiger partial charge in [-0.3, -0.25) is 4.79 Å². The Balaban J connectivity index is 2.92. The molecule has 0 saturated heterocycles. The predicted octanol–water partition coefficient (Wildman–Crippen LogP) is 1.69. The van der Waals surface area contributed by atoms with Crippen LogP contribution in [-0.2, 0) is 4.79 Å². The maximum atomic E-state index is 11.8. The number of carbonyl (C=O) groups is 1. The van der Waals surface area contributed by atoms with Gasteiger partial charge in [-0.2, -0.15) is 0 Å². The molecule has 4 heteroatoms. The molecule has 0 fully saturated rings. The maximum absolute atomic E-state index is 11.8. The highest BCUT2D eigenvalue weighted by Gasteiger charge is 2.19. The van der Waals surface area contributed by atoms with Gasteiger partial charge >= 0.3 is 0 Å². The Morgan fingerprint density at radius 3 is 2.27 bits per heavy atom. The van der Waals surface area contributed by atoms with Crippen molar-refractivity contribution in [2.45, 2.75) is 6.04 Å². The van der Waals surface area contributed by atoms with Crippen molar-refractivity contribution in [3.05, 3.63) is 34.9 Å². The SMILES string of the molecule is CN[C@@H](C(=O)N(C)C)c1ccc(Cl)cc1. The van der Waals surface area contributed by atoms with Crippen LogP contribution < -0.4 is 5.32 Å². The molecule has 0 aliphatic rings. The summed E-state index contributed by atoms with van der Waals surface area (Å²) in [5, 5.41) is 3.66. The van der Waals surface area contributed by atoms with E-state index in [9.17, 15) is 4.79 Å². The topological polar surface area (TPSA) is 32.3 Å². The van der Waals surface area contributed by atoms with Crippen LogP contribution in [0.5, 0.6) is 0 Å². The maximum Gasteiger partial charge on any atom is 0.243 e. The smallest absolute Gasteiger partial charge is 0.243 e. The molecule has 3 nitrogen and oxygen atoms in total. The number of carbonyl (C=O) groups excluding carboxylic acids is 1. The molecule has 0 bridgehead atoms. The van der Waals surface area contributed by atoms with Gasteiger partial charge in [0, 0.05) is 19.1 Å². The molecule has 1 N–H and O–H groups in total. The molecule has 0 aliphatic carbocycles. The van der Waals surface area contributed by atoms with Crippen molar-refractivity contribution in [1.82, 2.24) is 10.2 Å². The van der Waals surface area contributed by atoms with Crippen LogP contribution in [0, 0.1) is 0 Å². The van der Waals surface area contributed by atoms with Crippen LogP contribution in [0.4, 0.5) is 0 Å². The summed E-state index contributed by atoms with van der Waals surface area (Å²) in [5.41, 5.74) is 0.917. The number of benzene rings is 1. The van der Waals surface area contributed by atoms with Crippen molar-refractivity contribution in [3.8, 4) is 0 Å². The molecule has 0 spiro atoms. The Morgan fingerprint density at radius 2 is 1.87 bits per heavy atom. The number of nitrogens with zero attached hydrogens (tertiary/aromatic N) is 1. The third-order valence-corrected chi connectivity index (χ3v) is 2.43. The summed E-state index contributed by atoms with van der Waals surface area (Å²) in [6, 6.07) is 6.96. The second-order valence-corrected chi connectivity index (χ2v) is 3.94. The van der Waals surface area contributed by atoms with Crippen LogP contribution in [0.1, 0.15) is 11.6 Å². The molecular formula is C11H15ClN2O. The number of likely N-dealkylation sites (N-methyl/N-ethyl adjacent to an activating group) is 2. The molecule has 1 rings (SSSR count). The first-order chi connectivity index (χ1) is 7.06. The van der Waals surface area contributed by atoms with E-state index in [4.69, 9.17) is 11.6 Å². The van der Waals surface area contributed by atoms with Gasteiger partial charge < -0.3 is 10.2 Å². The largest absolute Gasteiger partial charge is 0.347 e. The molecule has 1 aromatic rings. The van der Waals surface area contributed by atoms with E-state index >= 15 is 0 Å². The van der Waals surface area contributed by atoms with E-state index in [1.807, 2.05) is 12.1 Å². The van der Waals surface area contributed by atoms with Crippen molar-refractivity contribution < 1.29 is 4.79 Å². The lowest BCUT2D eigenvalue weighted by Crippen LogP contribution is -2.35. The number of nitrogens with one attached hydrogen (secondary N) is 1. The Hall–Kier alpha value is -1.06. The van der Waals surface area contributed by atoms with Crippen molar-refractivity contribution in [3.63, 3.8) is 0 Å². The van der Waals surface area contributed by atoms with Crippen LogP contribution >= 0.6 is 11.6 Å². The Morgan fingerprint density at radius 1 is 1.33 bits per heavy atom. The average Bonchev–Trinajstić information content (AvgIpc) is 2.21. The molecule has 1 aromatic carbocycles. The van der Waals surface area contributed by atoms with Crippen LogP contribution in [0.15, 0.2) is 24.3 Å². The molecule has 1 amide bonds. The number of hydrogen-bond donors (Lipinski definition) is 1. The van der Waals surface area contributed by atoms with Gasteiger partial charge in [0.05, 0.1) is 0 Å². The summed E-state index contributed by atoms with van der Waals surface area (Å²) in [7, 11) is 5.24. The molecule has 0 aromatic heterocycles. The monoisotopic (exact) mass is 226 g/mol. The van der Waals surface area contributed by atoms with Gasteiger partial charge in [-0.05, 0) is 24.7 Å². The van der Waals surface area contributed by atoms with Crippen molar-refractivity contribution in [2.24, 2.45) is 0 Å². The van der Waals surface area contributed by atoms with Crippen LogP contribution in [0.2, 0.25) is 5.02 Å². The predicted molar refractivity (Wildman–Crippen MR) is 61.9 cm³/mol. The van der Waals surface area contributed by atoms with E-state index in [1.54, 1.807) is 38.2 Å². The highest BCUT2D eigenvalue weighted by Crippen LogP contribution is 2.17. The molecule has 0 aliphatic heterocycles. The van der Waals surface area contributed by atoms with Gasteiger partial charge in [-0.15, -0.1) is 0 Å². The van der Waals surface area contributed by atoms with Crippen molar-refractivity contribution >= 4 is 17.5 Å². The van der Waals surface area contributed by atoms with Gasteiger partial charge in [-0.1, -0.05) is 23.7 Å². The number of amides is 1. The van der Waals surface area contributed by atoms with Crippen LogP contribution in [0.25, 0.3) is 0 Å². The molecule has 0 radical (unpaired) electrons. The first kappa shape index (κ1) is 12.0. The third-order valence-electron chi connectivity index (χ3n) is 2.18. The minimum atomic E-state index is -0.308. The van der Waals surface area contributed by atoms with E-state index in [1.165, 1.54) is 0 Å². The van der Waals surface area contributed by atoms with Crippen LogP contribution in [-0.4, -0.2) is 32.0 Å². The lowest BCUT2D eigenvalue weighted by Gasteiger charge is -2.20. The molecule has 15 heavy (non-hydrogen) atoms. The normalized spacial score (nSPS) is 12.3. The Kier molecular flexibility index (Phi) is 4.12. The standard InChI is InChI=1S/C11H15ClN2O/c1-13-10(11(15)14(2)3)8-4-6-9(12)7-5-8/h4-7,10,13H,1-3H3/t10-/m1/s1. The molecule has 0 unspecified atom stereocenters. The van der Waals surface area contributed by atoms with Crippen LogP contribution in [0.3, 0.4) is 0 Å². The van der Waals surface area contributed by atoms with E-state index in [-0.39, 0.29) is 11.9 Å². The quantitative estimate of drug-likeness (QED) is 0.851. The summed E-state index contributed by atoms with van der Waals surface area (Å²) in [6.45, 7) is 0. The number of halogens is 1. The van der Waals surface area contributed by atoms with E-state index < -0.39 is 0 Å². The van der Waals surface area contributed by atoms with Crippen molar-refractivity contribution in [2.75, 3.05) is 21.1 Å². The molecule has 0 saturated carbocycles. The first-order valence-electron chi connectivity index (χ1n) is 4.70. The summed E-state index contributed by atoms with van der Waals surface area (Å²) in [6.07, 6.45) is 0. The minimum Gasteiger partial charge on any atom is -0.347 e. The highest BCUT2D eigenvalue weighted by atomic mass is 35.5. The summed E-state index contributed by atoms with van der Waals surface area (Å²) in [4.78, 5) is 13.4. The van der Waals surface area contributed by atoms with Gasteiger partial charge in [0.15, 0.2) is 0 Å². The fourth-order valence-corrected chi connectivity index (χ4v) is 1.47. The lowest BCUT2D eigenvalue weighted by molar-refractivity contribution is -0.130. The molecule has 0 heterocycles. The van der Waals surface area contributed by atoms with Gasteiger partial charge in [0.1, 0.15) is 6.04 Å². The fraction of sp³-hybridized carbons (Fsp3) is 0.364. The van der Waals surface area contributed by atoms with Gasteiger partial charge in [0.2, 0.25) is 5.91 Å². The summed E-state index contributed by atoms with van der Waals surface area (Å²) < 4.78 is 0. The van der Waals surface area contributed by atoms with E-state index in [0.717, 1.165) is 5.56 Å². The van der Waals surface area contributed by atoms with Gasteiger partial charge in [0.25, 0.3) is 0 Å². The zero-order valence-electron chi connectivity index (χ0n) is 9.12. The number of hydrogen-bond acceptors (Lipinski definition) is 2.